The Morgan fingerprint density at radius 2 is 2.00 bits per heavy atom. The first-order chi connectivity index (χ1) is 10.1. The molecule has 5 heteroatoms. The van der Waals surface area contributed by atoms with Gasteiger partial charge in [0, 0.05) is 17.0 Å². The molecule has 0 bridgehead atoms. The average Bonchev–Trinajstić information content (AvgIpc) is 2.45. The number of rotatable bonds is 8. The summed E-state index contributed by atoms with van der Waals surface area (Å²) in [6.45, 7) is 7.20. The largest absolute Gasteiger partial charge is 0.356 e. The molecule has 0 fully saturated rings. The third kappa shape index (κ3) is 8.49. The predicted octanol–water partition coefficient (Wildman–Crippen LogP) is 3.61. The molecule has 0 aromatic carbocycles. The molecule has 21 heavy (non-hydrogen) atoms. The van der Waals surface area contributed by atoms with Gasteiger partial charge in [0.15, 0.2) is 0 Å². The number of allylic oxidation sites excluding steroid dienone is 7. The topological polar surface area (TPSA) is 41.1 Å². The zero-order valence-corrected chi connectivity index (χ0v) is 12.9. The quantitative estimate of drug-likeness (QED) is 0.409. The van der Waals surface area contributed by atoms with Gasteiger partial charge in [0.2, 0.25) is 0 Å². The molecule has 0 unspecified atom stereocenters. The average molecular weight is 306 g/mol. The molecule has 0 radical (unpaired) electrons. The molecule has 2 N–H and O–H groups in total. The van der Waals surface area contributed by atoms with Crippen molar-refractivity contribution in [2.75, 3.05) is 0 Å². The Morgan fingerprint density at radius 3 is 2.52 bits per heavy atom. The maximum atomic E-state index is 12.1. The number of nitrogens with one attached hydrogen (secondary N) is 2. The molecule has 0 aliphatic heterocycles. The fourth-order valence-corrected chi connectivity index (χ4v) is 1.46. The van der Waals surface area contributed by atoms with Gasteiger partial charge in [0.1, 0.15) is 0 Å². The van der Waals surface area contributed by atoms with E-state index in [0.717, 1.165) is 0 Å². The summed E-state index contributed by atoms with van der Waals surface area (Å²) < 4.78 is 12.1. The Balaban J connectivity index is 5.22. The number of carbonyl (C=O) groups is 1. The second kappa shape index (κ2) is 11.5. The number of halogens is 1. The summed E-state index contributed by atoms with van der Waals surface area (Å²) in [7, 11) is 0. The molecule has 0 aliphatic rings. The molecule has 112 valence electrons. The van der Waals surface area contributed by atoms with E-state index >= 15 is 0 Å². The lowest BCUT2D eigenvalue weighted by Gasteiger charge is -2.08. The molecular weight excluding hydrogens is 287 g/mol. The van der Waals surface area contributed by atoms with Crippen LogP contribution >= 0.6 is 12.2 Å². The lowest BCUT2D eigenvalue weighted by Crippen LogP contribution is -2.23. The minimum Gasteiger partial charge on any atom is -0.356 e. The van der Waals surface area contributed by atoms with Gasteiger partial charge in [-0.1, -0.05) is 37.0 Å². The fourth-order valence-electron chi connectivity index (χ4n) is 1.27. The van der Waals surface area contributed by atoms with E-state index in [0.29, 0.717) is 23.3 Å². The number of hydrogen-bond acceptors (Lipinski definition) is 2. The standard InChI is InChI=1S/C16H19FN2OS/c1-4-6-8-14(5-2)16(20)19-15(9-7-10-17)11-13(3)18-12-21/h4-12H,2H2,1,3H3,(H,18,21)(H,19,20)/b6-4-,10-7+,13-11+,14-8+,15-9+. The minimum atomic E-state index is -0.340. The van der Waals surface area contributed by atoms with Crippen LogP contribution in [-0.4, -0.2) is 11.4 Å². The van der Waals surface area contributed by atoms with E-state index in [-0.39, 0.29) is 5.91 Å². The van der Waals surface area contributed by atoms with Crippen LogP contribution in [0.15, 0.2) is 72.4 Å². The monoisotopic (exact) mass is 306 g/mol. The van der Waals surface area contributed by atoms with Gasteiger partial charge in [-0.25, -0.2) is 4.39 Å². The summed E-state index contributed by atoms with van der Waals surface area (Å²) in [5.41, 5.74) is 2.87. The van der Waals surface area contributed by atoms with E-state index in [9.17, 15) is 9.18 Å². The van der Waals surface area contributed by atoms with Crippen LogP contribution in [0.5, 0.6) is 0 Å². The zero-order chi connectivity index (χ0) is 16.1. The van der Waals surface area contributed by atoms with Gasteiger partial charge in [-0.2, -0.15) is 0 Å². The second-order valence-corrected chi connectivity index (χ2v) is 4.07. The third-order valence-electron chi connectivity index (χ3n) is 2.22. The number of thiocarbonyl (C=S) groups is 1. The Labute approximate surface area is 130 Å². The van der Waals surface area contributed by atoms with Crippen molar-refractivity contribution in [3.8, 4) is 0 Å². The lowest BCUT2D eigenvalue weighted by atomic mass is 10.2. The fraction of sp³-hybridized carbons (Fsp3) is 0.125. The maximum Gasteiger partial charge on any atom is 0.255 e. The first-order valence-electron chi connectivity index (χ1n) is 6.21. The zero-order valence-electron chi connectivity index (χ0n) is 12.1. The van der Waals surface area contributed by atoms with Gasteiger partial charge < -0.3 is 10.6 Å². The van der Waals surface area contributed by atoms with Gasteiger partial charge in [-0.15, -0.1) is 0 Å². The predicted molar refractivity (Wildman–Crippen MR) is 90.1 cm³/mol. The van der Waals surface area contributed by atoms with E-state index in [1.54, 1.807) is 31.2 Å². The normalized spacial score (nSPS) is 13.6. The smallest absolute Gasteiger partial charge is 0.255 e. The first-order valence-corrected chi connectivity index (χ1v) is 6.68. The van der Waals surface area contributed by atoms with Crippen LogP contribution in [0.1, 0.15) is 13.8 Å². The van der Waals surface area contributed by atoms with Crippen molar-refractivity contribution in [1.82, 2.24) is 10.6 Å². The molecule has 0 atom stereocenters. The molecule has 0 aromatic heterocycles. The van der Waals surface area contributed by atoms with Crippen molar-refractivity contribution in [3.05, 3.63) is 72.4 Å². The van der Waals surface area contributed by atoms with Crippen LogP contribution < -0.4 is 10.6 Å². The lowest BCUT2D eigenvalue weighted by molar-refractivity contribution is -0.116. The van der Waals surface area contributed by atoms with Crippen LogP contribution in [0.25, 0.3) is 0 Å². The maximum absolute atomic E-state index is 12.1. The Morgan fingerprint density at radius 1 is 1.29 bits per heavy atom. The summed E-state index contributed by atoms with van der Waals surface area (Å²) in [5.74, 6) is -0.340. The van der Waals surface area contributed by atoms with E-state index in [4.69, 9.17) is 0 Å². The molecule has 3 nitrogen and oxygen atoms in total. The van der Waals surface area contributed by atoms with Crippen molar-refractivity contribution in [3.63, 3.8) is 0 Å². The molecule has 0 saturated heterocycles. The van der Waals surface area contributed by atoms with Crippen LogP contribution in [0.4, 0.5) is 4.39 Å². The highest BCUT2D eigenvalue weighted by Crippen LogP contribution is 2.03. The van der Waals surface area contributed by atoms with Gasteiger partial charge in [-0.05, 0) is 38.2 Å². The molecule has 0 aliphatic carbocycles. The van der Waals surface area contributed by atoms with E-state index in [2.05, 4.69) is 29.4 Å². The highest BCUT2D eigenvalue weighted by molar-refractivity contribution is 7.78. The molecular formula is C16H19FN2OS. The van der Waals surface area contributed by atoms with Gasteiger partial charge >= 0.3 is 0 Å². The third-order valence-corrected chi connectivity index (χ3v) is 2.33. The Kier molecular flexibility index (Phi) is 10.3. The van der Waals surface area contributed by atoms with Crippen LogP contribution in [-0.2, 0) is 4.79 Å². The Hall–Kier alpha value is -2.27. The van der Waals surface area contributed by atoms with Crippen molar-refractivity contribution in [2.24, 2.45) is 0 Å². The number of carbonyl (C=O) groups excluding carboxylic acids is 1. The molecule has 0 heterocycles. The van der Waals surface area contributed by atoms with Crippen LogP contribution in [0.2, 0.25) is 0 Å². The van der Waals surface area contributed by atoms with Crippen molar-refractivity contribution in [2.45, 2.75) is 13.8 Å². The van der Waals surface area contributed by atoms with Gasteiger partial charge in [-0.3, -0.25) is 4.79 Å². The molecule has 1 amide bonds. The SMILES string of the molecule is C=C/C(=C\C=C/C)C(=O)NC(/C=C(\C)NC=S)=C/C=C/F. The summed E-state index contributed by atoms with van der Waals surface area (Å²) >= 11 is 4.68. The molecule has 0 aromatic rings. The summed E-state index contributed by atoms with van der Waals surface area (Å²) in [6.07, 6.45) is 11.2. The van der Waals surface area contributed by atoms with E-state index < -0.39 is 0 Å². The summed E-state index contributed by atoms with van der Waals surface area (Å²) in [5, 5.41) is 5.47. The second-order valence-electron chi connectivity index (χ2n) is 3.84. The summed E-state index contributed by atoms with van der Waals surface area (Å²) in [6, 6.07) is 0. The Bertz CT molecular complexity index is 528. The van der Waals surface area contributed by atoms with Crippen LogP contribution in [0, 0.1) is 0 Å². The van der Waals surface area contributed by atoms with Crippen molar-refractivity contribution in [1.29, 1.82) is 0 Å². The number of hydrogen-bond donors (Lipinski definition) is 2. The molecule has 0 spiro atoms. The van der Waals surface area contributed by atoms with E-state index in [1.807, 2.05) is 6.92 Å². The van der Waals surface area contributed by atoms with Crippen molar-refractivity contribution < 1.29 is 9.18 Å². The van der Waals surface area contributed by atoms with Crippen molar-refractivity contribution >= 4 is 23.6 Å². The summed E-state index contributed by atoms with van der Waals surface area (Å²) in [4.78, 5) is 12.1. The first kappa shape index (κ1) is 18.7. The highest BCUT2D eigenvalue weighted by atomic mass is 32.1. The molecule has 0 saturated carbocycles. The van der Waals surface area contributed by atoms with Gasteiger partial charge in [0.25, 0.3) is 5.91 Å². The molecule has 0 rings (SSSR count). The van der Waals surface area contributed by atoms with E-state index in [1.165, 1.54) is 23.7 Å². The minimum absolute atomic E-state index is 0.340. The van der Waals surface area contributed by atoms with Gasteiger partial charge in [0.05, 0.1) is 11.8 Å². The highest BCUT2D eigenvalue weighted by Gasteiger charge is 2.06. The number of amides is 1. The van der Waals surface area contributed by atoms with Crippen LogP contribution in [0.3, 0.4) is 0 Å².